The Kier molecular flexibility index (Phi) is 3.24. The fourth-order valence-corrected chi connectivity index (χ4v) is 3.73. The number of nitrogens with zero attached hydrogens (tertiary/aromatic N) is 1. The number of hydrogen-bond donors (Lipinski definition) is 1. The van der Waals surface area contributed by atoms with Crippen LogP contribution in [0.5, 0.6) is 0 Å². The van der Waals surface area contributed by atoms with Crippen molar-refractivity contribution >= 4 is 26.6 Å². The number of hydrogen-bond acceptors (Lipinski definition) is 2. The van der Waals surface area contributed by atoms with Crippen LogP contribution in [0.3, 0.4) is 0 Å². The lowest BCUT2D eigenvalue weighted by Crippen LogP contribution is -2.09. The second-order valence-electron chi connectivity index (χ2n) is 5.94. The number of benzene rings is 1. The molecule has 0 saturated heterocycles. The van der Waals surface area contributed by atoms with Gasteiger partial charge in [0.05, 0.1) is 17.5 Å². The summed E-state index contributed by atoms with van der Waals surface area (Å²) in [4.78, 5) is 0. The first-order chi connectivity index (χ1) is 9.42. The van der Waals surface area contributed by atoms with Crippen LogP contribution in [0.2, 0.25) is 0 Å². The van der Waals surface area contributed by atoms with E-state index < -0.39 is 10.0 Å². The summed E-state index contributed by atoms with van der Waals surface area (Å²) in [6.07, 6.45) is 6.97. The third kappa shape index (κ3) is 2.68. The highest BCUT2D eigenvalue weighted by atomic mass is 32.2. The van der Waals surface area contributed by atoms with E-state index in [2.05, 4.69) is 28.5 Å². The van der Waals surface area contributed by atoms with E-state index in [4.69, 9.17) is 0 Å². The molecule has 2 aromatic rings. The number of aromatic nitrogens is 1. The smallest absolute Gasteiger partial charge is 0.229 e. The minimum absolute atomic E-state index is 0.538. The molecule has 0 aliphatic heterocycles. The highest BCUT2D eigenvalue weighted by Gasteiger charge is 2.23. The SMILES string of the molecule is CC1CCC(n2ccc3ccc(NS(C)(=O)=O)cc32)C1. The summed E-state index contributed by atoms with van der Waals surface area (Å²) in [5.74, 6) is 0.773. The van der Waals surface area contributed by atoms with Crippen molar-refractivity contribution in [3.05, 3.63) is 30.5 Å². The average Bonchev–Trinajstić information content (AvgIpc) is 2.92. The minimum Gasteiger partial charge on any atom is -0.344 e. The Hall–Kier alpha value is -1.49. The maximum absolute atomic E-state index is 11.3. The topological polar surface area (TPSA) is 51.1 Å². The van der Waals surface area contributed by atoms with E-state index in [1.165, 1.54) is 25.5 Å². The Labute approximate surface area is 119 Å². The van der Waals surface area contributed by atoms with Crippen molar-refractivity contribution in [2.24, 2.45) is 5.92 Å². The Morgan fingerprint density at radius 1 is 1.25 bits per heavy atom. The second kappa shape index (κ2) is 4.81. The molecular formula is C15H20N2O2S. The molecule has 5 heteroatoms. The molecule has 1 heterocycles. The number of rotatable bonds is 3. The van der Waals surface area contributed by atoms with E-state index in [0.717, 1.165) is 16.8 Å². The fraction of sp³-hybridized carbons (Fsp3) is 0.467. The summed E-state index contributed by atoms with van der Waals surface area (Å²) in [7, 11) is -3.23. The first kappa shape index (κ1) is 13.5. The predicted octanol–water partition coefficient (Wildman–Crippen LogP) is 3.37. The lowest BCUT2D eigenvalue weighted by molar-refractivity contribution is 0.507. The van der Waals surface area contributed by atoms with Crippen molar-refractivity contribution in [3.63, 3.8) is 0 Å². The van der Waals surface area contributed by atoms with Gasteiger partial charge in [0.25, 0.3) is 0 Å². The van der Waals surface area contributed by atoms with Crippen molar-refractivity contribution in [1.29, 1.82) is 0 Å². The predicted molar refractivity (Wildman–Crippen MR) is 82.5 cm³/mol. The molecule has 0 radical (unpaired) electrons. The highest BCUT2D eigenvalue weighted by Crippen LogP contribution is 2.36. The van der Waals surface area contributed by atoms with E-state index in [-0.39, 0.29) is 0 Å². The number of nitrogens with one attached hydrogen (secondary N) is 1. The summed E-state index contributed by atoms with van der Waals surface area (Å²) in [5.41, 5.74) is 1.74. The van der Waals surface area contributed by atoms with E-state index in [9.17, 15) is 8.42 Å². The normalized spacial score (nSPS) is 23.3. The Bertz CT molecular complexity index is 733. The van der Waals surface area contributed by atoms with Gasteiger partial charge in [-0.3, -0.25) is 4.72 Å². The van der Waals surface area contributed by atoms with Gasteiger partial charge in [0.15, 0.2) is 0 Å². The molecule has 1 aliphatic rings. The molecule has 1 N–H and O–H groups in total. The molecule has 3 rings (SSSR count). The van der Waals surface area contributed by atoms with E-state index >= 15 is 0 Å². The quantitative estimate of drug-likeness (QED) is 0.943. The third-order valence-corrected chi connectivity index (χ3v) is 4.69. The van der Waals surface area contributed by atoms with Crippen molar-refractivity contribution in [1.82, 2.24) is 4.57 Å². The molecule has 0 amide bonds. The van der Waals surface area contributed by atoms with Crippen LogP contribution in [-0.2, 0) is 10.0 Å². The molecule has 1 fully saturated rings. The molecule has 0 spiro atoms. The minimum atomic E-state index is -3.23. The van der Waals surface area contributed by atoms with Crippen LogP contribution < -0.4 is 4.72 Å². The molecule has 2 atom stereocenters. The Balaban J connectivity index is 1.99. The van der Waals surface area contributed by atoms with Gasteiger partial charge in [-0.05, 0) is 48.8 Å². The van der Waals surface area contributed by atoms with Crippen LogP contribution in [0.1, 0.15) is 32.2 Å². The number of sulfonamides is 1. The number of anilines is 1. The third-order valence-electron chi connectivity index (χ3n) is 4.09. The summed E-state index contributed by atoms with van der Waals surface area (Å²) in [6.45, 7) is 2.29. The molecule has 20 heavy (non-hydrogen) atoms. The maximum Gasteiger partial charge on any atom is 0.229 e. The summed E-state index contributed by atoms with van der Waals surface area (Å²) < 4.78 is 27.5. The van der Waals surface area contributed by atoms with E-state index in [1.54, 1.807) is 0 Å². The van der Waals surface area contributed by atoms with Gasteiger partial charge in [0.1, 0.15) is 0 Å². The Morgan fingerprint density at radius 2 is 2.05 bits per heavy atom. The largest absolute Gasteiger partial charge is 0.344 e. The standard InChI is InChI=1S/C15H20N2O2S/c1-11-3-6-14(9-11)17-8-7-12-4-5-13(10-15(12)17)16-20(2,18)19/h4-5,7-8,10-11,14,16H,3,6,9H2,1-2H3. The van der Waals surface area contributed by atoms with Crippen molar-refractivity contribution < 1.29 is 8.42 Å². The maximum atomic E-state index is 11.3. The number of fused-ring (bicyclic) bond motifs is 1. The van der Waals surface area contributed by atoms with Crippen LogP contribution in [0.25, 0.3) is 10.9 Å². The zero-order valence-electron chi connectivity index (χ0n) is 11.8. The molecule has 1 aromatic heterocycles. The monoisotopic (exact) mass is 292 g/mol. The molecule has 2 unspecified atom stereocenters. The van der Waals surface area contributed by atoms with Gasteiger partial charge in [0, 0.05) is 12.2 Å². The molecule has 4 nitrogen and oxygen atoms in total. The van der Waals surface area contributed by atoms with Gasteiger partial charge < -0.3 is 4.57 Å². The first-order valence-corrected chi connectivity index (χ1v) is 8.90. The van der Waals surface area contributed by atoms with Gasteiger partial charge in [-0.2, -0.15) is 0 Å². The van der Waals surface area contributed by atoms with E-state index in [0.29, 0.717) is 11.7 Å². The van der Waals surface area contributed by atoms with E-state index in [1.807, 2.05) is 18.2 Å². The molecule has 0 bridgehead atoms. The second-order valence-corrected chi connectivity index (χ2v) is 7.69. The zero-order valence-corrected chi connectivity index (χ0v) is 12.7. The van der Waals surface area contributed by atoms with Crippen molar-refractivity contribution in [2.45, 2.75) is 32.2 Å². The van der Waals surface area contributed by atoms with Gasteiger partial charge in [-0.1, -0.05) is 13.0 Å². The van der Waals surface area contributed by atoms with Gasteiger partial charge in [0.2, 0.25) is 10.0 Å². The summed E-state index contributed by atoms with van der Waals surface area (Å²) >= 11 is 0. The van der Waals surface area contributed by atoms with Crippen LogP contribution in [0.15, 0.2) is 30.5 Å². The van der Waals surface area contributed by atoms with Crippen LogP contribution in [0.4, 0.5) is 5.69 Å². The van der Waals surface area contributed by atoms with Gasteiger partial charge in [-0.25, -0.2) is 8.42 Å². The average molecular weight is 292 g/mol. The molecule has 1 saturated carbocycles. The van der Waals surface area contributed by atoms with Crippen LogP contribution >= 0.6 is 0 Å². The lowest BCUT2D eigenvalue weighted by Gasteiger charge is -2.14. The van der Waals surface area contributed by atoms with Gasteiger partial charge in [-0.15, -0.1) is 0 Å². The molecule has 1 aliphatic carbocycles. The first-order valence-electron chi connectivity index (χ1n) is 7.01. The van der Waals surface area contributed by atoms with Crippen molar-refractivity contribution in [2.75, 3.05) is 11.0 Å². The molecule has 108 valence electrons. The van der Waals surface area contributed by atoms with Crippen LogP contribution in [0, 0.1) is 5.92 Å². The zero-order chi connectivity index (χ0) is 14.3. The highest BCUT2D eigenvalue weighted by molar-refractivity contribution is 7.92. The fourth-order valence-electron chi connectivity index (χ4n) is 3.17. The lowest BCUT2D eigenvalue weighted by atomic mass is 10.1. The van der Waals surface area contributed by atoms with Crippen molar-refractivity contribution in [3.8, 4) is 0 Å². The van der Waals surface area contributed by atoms with Crippen LogP contribution in [-0.4, -0.2) is 19.2 Å². The van der Waals surface area contributed by atoms with Gasteiger partial charge >= 0.3 is 0 Å². The molecule has 1 aromatic carbocycles. The molecular weight excluding hydrogens is 272 g/mol. The Morgan fingerprint density at radius 3 is 2.70 bits per heavy atom. The summed E-state index contributed by atoms with van der Waals surface area (Å²) in [6, 6.07) is 8.35. The summed E-state index contributed by atoms with van der Waals surface area (Å²) in [5, 5.41) is 1.16.